The first-order valence-corrected chi connectivity index (χ1v) is 8.25. The highest BCUT2D eigenvalue weighted by Crippen LogP contribution is 2.34. The summed E-state index contributed by atoms with van der Waals surface area (Å²) < 4.78 is 37.8. The maximum atomic E-state index is 12.6. The Kier molecular flexibility index (Phi) is 7.77. The molecule has 1 aromatic rings. The molecule has 26 heavy (non-hydrogen) atoms. The molecule has 2 fully saturated rings. The van der Waals surface area contributed by atoms with Gasteiger partial charge in [0.1, 0.15) is 0 Å². The van der Waals surface area contributed by atoms with E-state index in [0.717, 1.165) is 43.5 Å². The predicted molar refractivity (Wildman–Crippen MR) is 98.6 cm³/mol. The van der Waals surface area contributed by atoms with E-state index in [2.05, 4.69) is 4.90 Å². The van der Waals surface area contributed by atoms with E-state index in [1.165, 1.54) is 12.1 Å². The van der Waals surface area contributed by atoms with Gasteiger partial charge in [-0.05, 0) is 37.0 Å². The van der Waals surface area contributed by atoms with Gasteiger partial charge in [-0.15, -0.1) is 24.8 Å². The van der Waals surface area contributed by atoms with Crippen LogP contribution in [0.1, 0.15) is 30.4 Å². The molecule has 1 heterocycles. The first-order valence-electron chi connectivity index (χ1n) is 8.25. The molecule has 4 nitrogen and oxygen atoms in total. The molecule has 0 unspecified atom stereocenters. The summed E-state index contributed by atoms with van der Waals surface area (Å²) in [4.78, 5) is 16.3. The lowest BCUT2D eigenvalue weighted by Gasteiger charge is -2.24. The number of benzene rings is 1. The van der Waals surface area contributed by atoms with Crippen molar-refractivity contribution < 1.29 is 18.0 Å². The number of nitrogens with two attached hydrogens (primary N) is 1. The molecule has 1 amide bonds. The Hall–Kier alpha value is -1.02. The number of hydrogen-bond donors (Lipinski definition) is 1. The van der Waals surface area contributed by atoms with Crippen molar-refractivity contribution in [2.75, 3.05) is 26.2 Å². The fourth-order valence-corrected chi connectivity index (χ4v) is 3.05. The van der Waals surface area contributed by atoms with Gasteiger partial charge in [-0.2, -0.15) is 13.2 Å². The van der Waals surface area contributed by atoms with E-state index < -0.39 is 17.3 Å². The second-order valence-electron chi connectivity index (χ2n) is 6.77. The monoisotopic (exact) mass is 413 g/mol. The molecule has 0 atom stereocenters. The van der Waals surface area contributed by atoms with Crippen molar-refractivity contribution in [3.8, 4) is 0 Å². The minimum Gasteiger partial charge on any atom is -0.340 e. The number of halogens is 5. The number of amides is 1. The number of hydrogen-bond acceptors (Lipinski definition) is 3. The van der Waals surface area contributed by atoms with E-state index >= 15 is 0 Å². The molecule has 2 N–H and O–H groups in total. The van der Waals surface area contributed by atoms with Crippen LogP contribution in [0, 0.1) is 0 Å². The summed E-state index contributed by atoms with van der Waals surface area (Å²) in [6.07, 6.45) is -1.93. The summed E-state index contributed by atoms with van der Waals surface area (Å²) in [5.74, 6) is 0.0406. The van der Waals surface area contributed by atoms with Crippen LogP contribution in [0.3, 0.4) is 0 Å². The molecule has 1 aliphatic carbocycles. The van der Waals surface area contributed by atoms with Crippen LogP contribution in [0.2, 0.25) is 0 Å². The van der Waals surface area contributed by atoms with E-state index in [1.54, 1.807) is 0 Å². The molecule has 0 bridgehead atoms. The second-order valence-corrected chi connectivity index (χ2v) is 6.77. The second kappa shape index (κ2) is 8.78. The Bertz CT molecular complexity index is 606. The van der Waals surface area contributed by atoms with Crippen molar-refractivity contribution >= 4 is 30.7 Å². The van der Waals surface area contributed by atoms with E-state index in [1.807, 2.05) is 4.90 Å². The van der Waals surface area contributed by atoms with Gasteiger partial charge in [0.15, 0.2) is 0 Å². The smallest absolute Gasteiger partial charge is 0.340 e. The summed E-state index contributed by atoms with van der Waals surface area (Å²) in [5.41, 5.74) is 5.57. The highest BCUT2D eigenvalue weighted by Gasteiger charge is 2.48. The Morgan fingerprint density at radius 3 is 2.19 bits per heavy atom. The first-order chi connectivity index (χ1) is 11.3. The Balaban J connectivity index is 0.00000169. The van der Waals surface area contributed by atoms with Crippen molar-refractivity contribution in [1.29, 1.82) is 0 Å². The topological polar surface area (TPSA) is 49.6 Å². The molecule has 1 saturated carbocycles. The highest BCUT2D eigenvalue weighted by atomic mass is 35.5. The number of rotatable bonds is 3. The predicted octanol–water partition coefficient (Wildman–Crippen LogP) is 3.07. The lowest BCUT2D eigenvalue weighted by molar-refractivity contribution is -0.137. The average Bonchev–Trinajstić information content (AvgIpc) is 3.31. The van der Waals surface area contributed by atoms with Crippen molar-refractivity contribution in [2.24, 2.45) is 5.73 Å². The van der Waals surface area contributed by atoms with Crippen molar-refractivity contribution in [3.63, 3.8) is 0 Å². The maximum absolute atomic E-state index is 12.6. The Labute approximate surface area is 163 Å². The van der Waals surface area contributed by atoms with Crippen LogP contribution in [-0.4, -0.2) is 47.4 Å². The van der Waals surface area contributed by atoms with Crippen LogP contribution >= 0.6 is 24.8 Å². The van der Waals surface area contributed by atoms with E-state index in [4.69, 9.17) is 5.73 Å². The minimum absolute atomic E-state index is 0. The number of carbonyl (C=O) groups is 1. The van der Waals surface area contributed by atoms with E-state index in [9.17, 15) is 18.0 Å². The molecule has 2 aliphatic rings. The molecule has 1 aliphatic heterocycles. The molecular weight excluding hydrogens is 390 g/mol. The van der Waals surface area contributed by atoms with Crippen LogP contribution in [-0.2, 0) is 17.5 Å². The van der Waals surface area contributed by atoms with Crippen LogP contribution < -0.4 is 5.73 Å². The zero-order valence-electron chi connectivity index (χ0n) is 14.3. The third-order valence-corrected chi connectivity index (χ3v) is 4.78. The third-order valence-electron chi connectivity index (χ3n) is 4.78. The molecule has 148 valence electrons. The number of carbonyl (C=O) groups excluding carboxylic acids is 1. The van der Waals surface area contributed by atoms with Crippen LogP contribution in [0.15, 0.2) is 24.3 Å². The zero-order chi connectivity index (χ0) is 17.4. The summed E-state index contributed by atoms with van der Waals surface area (Å²) in [7, 11) is 0. The molecule has 1 aromatic carbocycles. The molecule has 0 aromatic heterocycles. The van der Waals surface area contributed by atoms with Gasteiger partial charge in [0.25, 0.3) is 0 Å². The quantitative estimate of drug-likeness (QED) is 0.827. The SMILES string of the molecule is Cl.Cl.NC1(C(=O)N2CCCN(Cc3ccc(C(F)(F)F)cc3)CC2)CC1. The van der Waals surface area contributed by atoms with E-state index in [-0.39, 0.29) is 30.7 Å². The molecule has 9 heteroatoms. The van der Waals surface area contributed by atoms with Gasteiger partial charge in [-0.25, -0.2) is 0 Å². The van der Waals surface area contributed by atoms with Crippen molar-refractivity contribution in [3.05, 3.63) is 35.4 Å². The molecule has 0 spiro atoms. The van der Waals surface area contributed by atoms with Gasteiger partial charge in [-0.3, -0.25) is 9.69 Å². The number of nitrogens with zero attached hydrogens (tertiary/aromatic N) is 2. The lowest BCUT2D eigenvalue weighted by Crippen LogP contribution is -2.47. The number of alkyl halides is 3. The van der Waals surface area contributed by atoms with Crippen LogP contribution in [0.25, 0.3) is 0 Å². The summed E-state index contributed by atoms with van der Waals surface area (Å²) in [5, 5.41) is 0. The Morgan fingerprint density at radius 2 is 1.65 bits per heavy atom. The van der Waals surface area contributed by atoms with Gasteiger partial charge in [0, 0.05) is 32.7 Å². The zero-order valence-corrected chi connectivity index (χ0v) is 15.9. The fourth-order valence-electron chi connectivity index (χ4n) is 3.05. The highest BCUT2D eigenvalue weighted by molar-refractivity contribution is 5.89. The Morgan fingerprint density at radius 1 is 1.04 bits per heavy atom. The largest absolute Gasteiger partial charge is 0.416 e. The van der Waals surface area contributed by atoms with Gasteiger partial charge >= 0.3 is 6.18 Å². The van der Waals surface area contributed by atoms with E-state index in [0.29, 0.717) is 26.2 Å². The van der Waals surface area contributed by atoms with Crippen molar-refractivity contribution in [1.82, 2.24) is 9.80 Å². The normalized spacial score (nSPS) is 19.8. The minimum atomic E-state index is -4.30. The summed E-state index contributed by atoms with van der Waals surface area (Å²) >= 11 is 0. The lowest BCUT2D eigenvalue weighted by atomic mass is 10.1. The van der Waals surface area contributed by atoms with Gasteiger partial charge in [-0.1, -0.05) is 12.1 Å². The standard InChI is InChI=1S/C17H22F3N3O.2ClH/c18-17(19,20)14-4-2-13(3-5-14)12-22-8-1-9-23(11-10-22)15(24)16(21)6-7-16;;/h2-5H,1,6-12,21H2;2*1H. The average molecular weight is 414 g/mol. The van der Waals surface area contributed by atoms with Gasteiger partial charge < -0.3 is 10.6 Å². The van der Waals surface area contributed by atoms with Gasteiger partial charge in [0.2, 0.25) is 5.91 Å². The maximum Gasteiger partial charge on any atom is 0.416 e. The molecule has 3 rings (SSSR count). The first kappa shape index (κ1) is 23.0. The van der Waals surface area contributed by atoms with Gasteiger partial charge in [0.05, 0.1) is 11.1 Å². The van der Waals surface area contributed by atoms with Crippen molar-refractivity contribution in [2.45, 2.75) is 37.5 Å². The van der Waals surface area contributed by atoms with Crippen LogP contribution in [0.5, 0.6) is 0 Å². The molecule has 0 radical (unpaired) electrons. The molecule has 1 saturated heterocycles. The summed E-state index contributed by atoms with van der Waals surface area (Å²) in [6.45, 7) is 3.44. The summed E-state index contributed by atoms with van der Waals surface area (Å²) in [6, 6.07) is 5.29. The third kappa shape index (κ3) is 5.49. The van der Waals surface area contributed by atoms with Crippen LogP contribution in [0.4, 0.5) is 13.2 Å². The molecular formula is C17H24Cl2F3N3O. The fraction of sp³-hybridized carbons (Fsp3) is 0.588.